The summed E-state index contributed by atoms with van der Waals surface area (Å²) < 4.78 is 11.9. The molecule has 0 saturated carbocycles. The van der Waals surface area contributed by atoms with Crippen LogP contribution < -0.4 is 10.9 Å². The van der Waals surface area contributed by atoms with Gasteiger partial charge < -0.3 is 14.6 Å². The predicted octanol–water partition coefficient (Wildman–Crippen LogP) is 0.947. The van der Waals surface area contributed by atoms with Crippen molar-refractivity contribution in [1.82, 2.24) is 25.0 Å². The molecule has 9 nitrogen and oxygen atoms in total. The molecular weight excluding hydrogens is 338 g/mol. The van der Waals surface area contributed by atoms with Crippen LogP contribution in [0.4, 0.5) is 0 Å². The molecule has 1 aromatic carbocycles. The van der Waals surface area contributed by atoms with Gasteiger partial charge >= 0.3 is 0 Å². The van der Waals surface area contributed by atoms with Crippen LogP contribution in [0.15, 0.2) is 39.9 Å². The average Bonchev–Trinajstić information content (AvgIpc) is 3.34. The number of carbonyl (C=O) groups is 1. The third kappa shape index (κ3) is 3.33. The molecule has 9 heteroatoms. The van der Waals surface area contributed by atoms with E-state index in [-0.39, 0.29) is 30.7 Å². The maximum Gasteiger partial charge on any atom is 0.261 e. The maximum absolute atomic E-state index is 12.4. The lowest BCUT2D eigenvalue weighted by Crippen LogP contribution is -2.32. The minimum absolute atomic E-state index is 0.116. The quantitative estimate of drug-likeness (QED) is 0.725. The van der Waals surface area contributed by atoms with Crippen LogP contribution in [-0.2, 0) is 22.6 Å². The molecule has 1 fully saturated rings. The van der Waals surface area contributed by atoms with Crippen molar-refractivity contribution in [2.75, 3.05) is 6.61 Å². The fraction of sp³-hybridized carbons (Fsp3) is 0.353. The molecule has 1 N–H and O–H groups in total. The van der Waals surface area contributed by atoms with Gasteiger partial charge in [-0.1, -0.05) is 17.3 Å². The Labute approximate surface area is 148 Å². The first-order valence-electron chi connectivity index (χ1n) is 8.35. The zero-order chi connectivity index (χ0) is 17.9. The van der Waals surface area contributed by atoms with Gasteiger partial charge in [0.2, 0.25) is 5.91 Å². The van der Waals surface area contributed by atoms with Crippen LogP contribution in [0.2, 0.25) is 0 Å². The van der Waals surface area contributed by atoms with Crippen molar-refractivity contribution >= 4 is 16.8 Å². The summed E-state index contributed by atoms with van der Waals surface area (Å²) in [4.78, 5) is 32.9. The van der Waals surface area contributed by atoms with Crippen LogP contribution in [0, 0.1) is 0 Å². The lowest BCUT2D eigenvalue weighted by Gasteiger charge is -2.06. The Hall–Kier alpha value is -3.07. The first-order chi connectivity index (χ1) is 12.7. The third-order valence-electron chi connectivity index (χ3n) is 4.18. The van der Waals surface area contributed by atoms with Crippen LogP contribution in [-0.4, -0.2) is 32.2 Å². The molecule has 1 saturated heterocycles. The lowest BCUT2D eigenvalue weighted by atomic mass is 10.2. The number of nitrogens with one attached hydrogen (secondary N) is 1. The summed E-state index contributed by atoms with van der Waals surface area (Å²) in [5, 5.41) is 6.99. The standard InChI is InChI=1S/C17H17N5O4/c23-15(9-22-10-19-12-5-2-1-4-11(12)17(22)24)18-8-14-20-16(26-21-14)13-6-3-7-25-13/h1-2,4-5,10,13H,3,6-9H2,(H,18,23). The number of aromatic nitrogens is 4. The van der Waals surface area contributed by atoms with E-state index in [9.17, 15) is 9.59 Å². The minimum atomic E-state index is -0.340. The molecular formula is C17H17N5O4. The van der Waals surface area contributed by atoms with Crippen molar-refractivity contribution in [2.24, 2.45) is 0 Å². The number of fused-ring (bicyclic) bond motifs is 1. The molecule has 26 heavy (non-hydrogen) atoms. The molecule has 0 spiro atoms. The number of nitrogens with zero attached hydrogens (tertiary/aromatic N) is 4. The Balaban J connectivity index is 1.38. The van der Waals surface area contributed by atoms with Gasteiger partial charge in [0.1, 0.15) is 12.6 Å². The first kappa shape index (κ1) is 16.4. The summed E-state index contributed by atoms with van der Waals surface area (Å²) in [7, 11) is 0. The van der Waals surface area contributed by atoms with E-state index in [0.717, 1.165) is 12.8 Å². The fourth-order valence-corrected chi connectivity index (χ4v) is 2.85. The van der Waals surface area contributed by atoms with Crippen LogP contribution >= 0.6 is 0 Å². The van der Waals surface area contributed by atoms with Gasteiger partial charge in [0.05, 0.1) is 23.8 Å². The van der Waals surface area contributed by atoms with Crippen LogP contribution in [0.1, 0.15) is 30.7 Å². The Bertz CT molecular complexity index is 990. The summed E-state index contributed by atoms with van der Waals surface area (Å²) in [5.74, 6) is 0.460. The summed E-state index contributed by atoms with van der Waals surface area (Å²) >= 11 is 0. The molecule has 3 aromatic rings. The van der Waals surface area contributed by atoms with Crippen LogP contribution in [0.5, 0.6) is 0 Å². The van der Waals surface area contributed by atoms with Gasteiger partial charge in [-0.25, -0.2) is 4.98 Å². The van der Waals surface area contributed by atoms with Gasteiger partial charge in [-0.2, -0.15) is 4.98 Å². The number of ether oxygens (including phenoxy) is 1. The average molecular weight is 355 g/mol. The Morgan fingerprint density at radius 1 is 1.35 bits per heavy atom. The molecule has 134 valence electrons. The predicted molar refractivity (Wildman–Crippen MR) is 90.1 cm³/mol. The fourth-order valence-electron chi connectivity index (χ4n) is 2.85. The Morgan fingerprint density at radius 2 is 2.23 bits per heavy atom. The topological polar surface area (TPSA) is 112 Å². The van der Waals surface area contributed by atoms with Gasteiger partial charge in [0.25, 0.3) is 11.4 Å². The largest absolute Gasteiger partial charge is 0.368 e. The highest BCUT2D eigenvalue weighted by atomic mass is 16.5. The monoisotopic (exact) mass is 355 g/mol. The van der Waals surface area contributed by atoms with Gasteiger partial charge in [-0.05, 0) is 25.0 Å². The molecule has 0 aliphatic carbocycles. The number of rotatable bonds is 5. The van der Waals surface area contributed by atoms with E-state index in [4.69, 9.17) is 9.26 Å². The van der Waals surface area contributed by atoms with Crippen LogP contribution in [0.25, 0.3) is 10.9 Å². The number of amides is 1. The van der Waals surface area contributed by atoms with E-state index in [1.807, 2.05) is 6.07 Å². The van der Waals surface area contributed by atoms with Crippen molar-refractivity contribution in [2.45, 2.75) is 32.0 Å². The van der Waals surface area contributed by atoms with Gasteiger partial charge in [0, 0.05) is 6.61 Å². The Morgan fingerprint density at radius 3 is 3.08 bits per heavy atom. The minimum Gasteiger partial charge on any atom is -0.368 e. The molecule has 1 aliphatic rings. The summed E-state index contributed by atoms with van der Waals surface area (Å²) in [6.45, 7) is 0.672. The number of carbonyl (C=O) groups excluding carboxylic acids is 1. The molecule has 2 aromatic heterocycles. The number of para-hydroxylation sites is 1. The number of benzene rings is 1. The lowest BCUT2D eigenvalue weighted by molar-refractivity contribution is -0.121. The molecule has 1 amide bonds. The van der Waals surface area contributed by atoms with Gasteiger partial charge in [-0.15, -0.1) is 0 Å². The zero-order valence-electron chi connectivity index (χ0n) is 13.9. The molecule has 1 aliphatic heterocycles. The second-order valence-corrected chi connectivity index (χ2v) is 6.02. The van der Waals surface area contributed by atoms with E-state index < -0.39 is 0 Å². The highest BCUT2D eigenvalue weighted by molar-refractivity contribution is 5.78. The smallest absolute Gasteiger partial charge is 0.261 e. The van der Waals surface area contributed by atoms with Crippen molar-refractivity contribution in [3.8, 4) is 0 Å². The first-order valence-corrected chi connectivity index (χ1v) is 8.35. The van der Waals surface area contributed by atoms with Gasteiger partial charge in [-0.3, -0.25) is 14.2 Å². The highest BCUT2D eigenvalue weighted by Crippen LogP contribution is 2.26. The summed E-state index contributed by atoms with van der Waals surface area (Å²) in [5.41, 5.74) is 0.341. The Kier molecular flexibility index (Phi) is 4.44. The maximum atomic E-state index is 12.4. The second kappa shape index (κ2) is 7.04. The highest BCUT2D eigenvalue weighted by Gasteiger charge is 2.23. The van der Waals surface area contributed by atoms with E-state index in [1.165, 1.54) is 10.9 Å². The van der Waals surface area contributed by atoms with E-state index in [2.05, 4.69) is 20.4 Å². The SMILES string of the molecule is O=C(Cn1cnc2ccccc2c1=O)NCc1noc(C2CCCO2)n1. The summed E-state index contributed by atoms with van der Waals surface area (Å²) in [6.07, 6.45) is 3.03. The molecule has 1 atom stereocenters. The molecule has 0 radical (unpaired) electrons. The molecule has 1 unspecified atom stereocenters. The van der Waals surface area contributed by atoms with E-state index in [1.54, 1.807) is 18.2 Å². The van der Waals surface area contributed by atoms with Crippen molar-refractivity contribution in [3.63, 3.8) is 0 Å². The van der Waals surface area contributed by atoms with Crippen molar-refractivity contribution < 1.29 is 14.1 Å². The third-order valence-corrected chi connectivity index (χ3v) is 4.18. The van der Waals surface area contributed by atoms with Crippen molar-refractivity contribution in [3.05, 3.63) is 52.7 Å². The van der Waals surface area contributed by atoms with Gasteiger partial charge in [0.15, 0.2) is 5.82 Å². The molecule has 0 bridgehead atoms. The second-order valence-electron chi connectivity index (χ2n) is 6.02. The van der Waals surface area contributed by atoms with E-state index >= 15 is 0 Å². The van der Waals surface area contributed by atoms with E-state index in [0.29, 0.717) is 29.2 Å². The normalized spacial score (nSPS) is 16.8. The number of hydrogen-bond donors (Lipinski definition) is 1. The zero-order valence-corrected chi connectivity index (χ0v) is 13.9. The molecule has 3 heterocycles. The summed E-state index contributed by atoms with van der Waals surface area (Å²) in [6, 6.07) is 7.01. The number of hydrogen-bond acceptors (Lipinski definition) is 7. The van der Waals surface area contributed by atoms with Crippen molar-refractivity contribution in [1.29, 1.82) is 0 Å². The molecule has 4 rings (SSSR count). The van der Waals surface area contributed by atoms with Crippen LogP contribution in [0.3, 0.4) is 0 Å².